The lowest BCUT2D eigenvalue weighted by atomic mass is 10.3. The van der Waals surface area contributed by atoms with E-state index in [1.807, 2.05) is 23.8 Å². The number of halogens is 1. The summed E-state index contributed by atoms with van der Waals surface area (Å²) < 4.78 is 2.89. The Morgan fingerprint density at radius 2 is 2.17 bits per heavy atom. The predicted octanol–water partition coefficient (Wildman–Crippen LogP) is 2.34. The Bertz CT molecular complexity index is 388. The molecular formula is C13H22BrN3O. The van der Waals surface area contributed by atoms with Gasteiger partial charge in [0.25, 0.3) is 5.91 Å². The van der Waals surface area contributed by atoms with Crippen LogP contribution in [0.25, 0.3) is 0 Å². The fraction of sp³-hybridized carbons (Fsp3) is 0.615. The first-order valence-corrected chi connectivity index (χ1v) is 7.12. The Kier molecular flexibility index (Phi) is 6.43. The Morgan fingerprint density at radius 1 is 1.44 bits per heavy atom. The highest BCUT2D eigenvalue weighted by Gasteiger charge is 2.11. The molecular weight excluding hydrogens is 294 g/mol. The molecule has 1 aromatic rings. The van der Waals surface area contributed by atoms with E-state index >= 15 is 0 Å². The van der Waals surface area contributed by atoms with Gasteiger partial charge in [-0.3, -0.25) is 4.79 Å². The van der Waals surface area contributed by atoms with Crippen molar-refractivity contribution in [1.82, 2.24) is 14.8 Å². The quantitative estimate of drug-likeness (QED) is 0.784. The second-order valence-electron chi connectivity index (χ2n) is 4.60. The van der Waals surface area contributed by atoms with Gasteiger partial charge in [-0.25, -0.2) is 0 Å². The van der Waals surface area contributed by atoms with Crippen molar-refractivity contribution in [2.24, 2.45) is 0 Å². The lowest BCUT2D eigenvalue weighted by Crippen LogP contribution is -2.27. The van der Waals surface area contributed by atoms with Crippen LogP contribution in [0.5, 0.6) is 0 Å². The number of hydrogen-bond donors (Lipinski definition) is 1. The molecule has 5 heteroatoms. The van der Waals surface area contributed by atoms with Crippen LogP contribution in [0.4, 0.5) is 0 Å². The number of aromatic nitrogens is 1. The van der Waals surface area contributed by atoms with Crippen molar-refractivity contribution in [2.75, 3.05) is 27.2 Å². The van der Waals surface area contributed by atoms with Gasteiger partial charge in [-0.05, 0) is 62.4 Å². The number of nitrogens with one attached hydrogen (secondary N) is 1. The summed E-state index contributed by atoms with van der Waals surface area (Å²) in [7, 11) is 4.12. The number of nitrogens with zero attached hydrogens (tertiary/aromatic N) is 2. The SMILES string of the molecule is CCn1cc(Br)cc1C(=O)NCCCCN(C)C. The van der Waals surface area contributed by atoms with Crippen molar-refractivity contribution in [2.45, 2.75) is 26.3 Å². The highest BCUT2D eigenvalue weighted by molar-refractivity contribution is 9.10. The Hall–Kier alpha value is -0.810. The first-order valence-electron chi connectivity index (χ1n) is 6.33. The van der Waals surface area contributed by atoms with Gasteiger partial charge >= 0.3 is 0 Å². The normalized spacial score (nSPS) is 10.9. The van der Waals surface area contributed by atoms with Gasteiger partial charge in [0.2, 0.25) is 0 Å². The number of hydrogen-bond acceptors (Lipinski definition) is 2. The molecule has 0 spiro atoms. The third-order valence-corrected chi connectivity index (χ3v) is 3.19. The minimum Gasteiger partial charge on any atom is -0.351 e. The standard InChI is InChI=1S/C13H22BrN3O/c1-4-17-10-11(14)9-12(17)13(18)15-7-5-6-8-16(2)3/h9-10H,4-8H2,1-3H3,(H,15,18). The molecule has 0 unspecified atom stereocenters. The number of carbonyl (C=O) groups is 1. The van der Waals surface area contributed by atoms with E-state index in [9.17, 15) is 4.79 Å². The summed E-state index contributed by atoms with van der Waals surface area (Å²) in [5, 5.41) is 2.96. The monoisotopic (exact) mass is 315 g/mol. The Balaban J connectivity index is 2.36. The zero-order valence-corrected chi connectivity index (χ0v) is 13.0. The summed E-state index contributed by atoms with van der Waals surface area (Å²) in [4.78, 5) is 14.1. The van der Waals surface area contributed by atoms with E-state index in [1.54, 1.807) is 0 Å². The minimum absolute atomic E-state index is 0.00685. The van der Waals surface area contributed by atoms with Crippen molar-refractivity contribution >= 4 is 21.8 Å². The molecule has 0 saturated heterocycles. The van der Waals surface area contributed by atoms with Crippen molar-refractivity contribution < 1.29 is 4.79 Å². The summed E-state index contributed by atoms with van der Waals surface area (Å²) in [5.74, 6) is 0.00685. The van der Waals surface area contributed by atoms with Crippen LogP contribution in [-0.2, 0) is 6.54 Å². The molecule has 0 aliphatic carbocycles. The molecule has 0 radical (unpaired) electrons. The van der Waals surface area contributed by atoms with Crippen molar-refractivity contribution in [1.29, 1.82) is 0 Å². The second-order valence-corrected chi connectivity index (χ2v) is 5.51. The number of aryl methyl sites for hydroxylation is 1. The Morgan fingerprint density at radius 3 is 2.78 bits per heavy atom. The first-order chi connectivity index (χ1) is 8.54. The summed E-state index contributed by atoms with van der Waals surface area (Å²) in [5.41, 5.74) is 0.719. The molecule has 18 heavy (non-hydrogen) atoms. The maximum absolute atomic E-state index is 12.0. The fourth-order valence-electron chi connectivity index (χ4n) is 1.77. The highest BCUT2D eigenvalue weighted by Crippen LogP contribution is 2.14. The third kappa shape index (κ3) is 4.82. The van der Waals surface area contributed by atoms with Crippen LogP contribution in [0.3, 0.4) is 0 Å². The average Bonchev–Trinajstić information content (AvgIpc) is 2.69. The van der Waals surface area contributed by atoms with Crippen molar-refractivity contribution in [3.8, 4) is 0 Å². The average molecular weight is 316 g/mol. The summed E-state index contributed by atoms with van der Waals surface area (Å²) in [6, 6.07) is 1.86. The van der Waals surface area contributed by atoms with Crippen molar-refractivity contribution in [3.05, 3.63) is 22.4 Å². The van der Waals surface area contributed by atoms with E-state index in [4.69, 9.17) is 0 Å². The van der Waals surface area contributed by atoms with E-state index in [0.29, 0.717) is 0 Å². The summed E-state index contributed by atoms with van der Waals surface area (Å²) >= 11 is 3.39. The smallest absolute Gasteiger partial charge is 0.267 e. The van der Waals surface area contributed by atoms with Crippen LogP contribution >= 0.6 is 15.9 Å². The first kappa shape index (κ1) is 15.2. The maximum atomic E-state index is 12.0. The highest BCUT2D eigenvalue weighted by atomic mass is 79.9. The van der Waals surface area contributed by atoms with Crippen LogP contribution in [0.2, 0.25) is 0 Å². The molecule has 4 nitrogen and oxygen atoms in total. The zero-order valence-electron chi connectivity index (χ0n) is 11.4. The molecule has 0 atom stereocenters. The van der Waals surface area contributed by atoms with E-state index in [1.165, 1.54) is 0 Å². The summed E-state index contributed by atoms with van der Waals surface area (Å²) in [6.45, 7) is 4.63. The number of unbranched alkanes of at least 4 members (excludes halogenated alkanes) is 1. The minimum atomic E-state index is 0.00685. The summed E-state index contributed by atoms with van der Waals surface area (Å²) in [6.07, 6.45) is 4.05. The molecule has 1 heterocycles. The van der Waals surface area contributed by atoms with Crippen LogP contribution in [-0.4, -0.2) is 42.6 Å². The maximum Gasteiger partial charge on any atom is 0.267 e. The van der Waals surface area contributed by atoms with E-state index in [-0.39, 0.29) is 5.91 Å². The zero-order chi connectivity index (χ0) is 13.5. The van der Waals surface area contributed by atoms with Crippen LogP contribution < -0.4 is 5.32 Å². The Labute approximate surface area is 117 Å². The van der Waals surface area contributed by atoms with Crippen LogP contribution in [0, 0.1) is 0 Å². The second kappa shape index (κ2) is 7.59. The molecule has 1 rings (SSSR count). The van der Waals surface area contributed by atoms with Crippen LogP contribution in [0.15, 0.2) is 16.7 Å². The van der Waals surface area contributed by atoms with Gasteiger partial charge in [0, 0.05) is 23.8 Å². The van der Waals surface area contributed by atoms with Gasteiger partial charge in [-0.2, -0.15) is 0 Å². The molecule has 1 aromatic heterocycles. The van der Waals surface area contributed by atoms with Gasteiger partial charge < -0.3 is 14.8 Å². The van der Waals surface area contributed by atoms with Gasteiger partial charge in [0.15, 0.2) is 0 Å². The molecule has 102 valence electrons. The fourth-order valence-corrected chi connectivity index (χ4v) is 2.24. The predicted molar refractivity (Wildman–Crippen MR) is 77.9 cm³/mol. The van der Waals surface area contributed by atoms with Gasteiger partial charge in [0.05, 0.1) is 0 Å². The number of carbonyl (C=O) groups excluding carboxylic acids is 1. The molecule has 1 amide bonds. The van der Waals surface area contributed by atoms with Crippen LogP contribution in [0.1, 0.15) is 30.3 Å². The molecule has 0 fully saturated rings. The van der Waals surface area contributed by atoms with E-state index in [0.717, 1.165) is 42.6 Å². The lowest BCUT2D eigenvalue weighted by molar-refractivity contribution is 0.0943. The molecule has 0 bridgehead atoms. The number of rotatable bonds is 7. The van der Waals surface area contributed by atoms with E-state index in [2.05, 4.69) is 40.2 Å². The number of amides is 1. The largest absolute Gasteiger partial charge is 0.351 e. The van der Waals surface area contributed by atoms with Crippen molar-refractivity contribution in [3.63, 3.8) is 0 Å². The van der Waals surface area contributed by atoms with Gasteiger partial charge in [0.1, 0.15) is 5.69 Å². The lowest BCUT2D eigenvalue weighted by Gasteiger charge is -2.10. The van der Waals surface area contributed by atoms with Gasteiger partial charge in [-0.15, -0.1) is 0 Å². The molecule has 0 aromatic carbocycles. The molecule has 1 N–H and O–H groups in total. The van der Waals surface area contributed by atoms with Gasteiger partial charge in [-0.1, -0.05) is 0 Å². The third-order valence-electron chi connectivity index (χ3n) is 2.75. The molecule has 0 aliphatic rings. The van der Waals surface area contributed by atoms with E-state index < -0.39 is 0 Å². The molecule has 0 aliphatic heterocycles. The molecule has 0 saturated carbocycles. The topological polar surface area (TPSA) is 37.3 Å².